The maximum absolute atomic E-state index is 5.77. The molecule has 0 aliphatic carbocycles. The van der Waals surface area contributed by atoms with E-state index >= 15 is 0 Å². The van der Waals surface area contributed by atoms with Crippen molar-refractivity contribution in [2.45, 2.75) is 19.8 Å². The molecule has 0 fully saturated rings. The minimum atomic E-state index is 0.655. The molecular weight excluding hydrogens is 258 g/mol. The number of unbranched alkanes of at least 4 members (excludes halogenated alkanes) is 1. The summed E-state index contributed by atoms with van der Waals surface area (Å²) in [6.45, 7) is 2.81. The predicted octanol–water partition coefficient (Wildman–Crippen LogP) is 3.22. The van der Waals surface area contributed by atoms with Crippen molar-refractivity contribution >= 4 is 21.6 Å². The summed E-state index contributed by atoms with van der Waals surface area (Å²) in [7, 11) is 1.62. The molecule has 1 aromatic rings. The maximum atomic E-state index is 5.77. The van der Waals surface area contributed by atoms with Crippen molar-refractivity contribution in [1.29, 1.82) is 0 Å². The summed E-state index contributed by atoms with van der Waals surface area (Å²) in [5, 5.41) is 0. The Morgan fingerprint density at radius 1 is 1.33 bits per heavy atom. The Bertz CT molecular complexity index is 329. The lowest BCUT2D eigenvalue weighted by Crippen LogP contribution is -2.00. The zero-order valence-electron chi connectivity index (χ0n) is 9.05. The van der Waals surface area contributed by atoms with Crippen LogP contribution in [-0.4, -0.2) is 13.7 Å². The summed E-state index contributed by atoms with van der Waals surface area (Å²) >= 11 is 3.34. The van der Waals surface area contributed by atoms with E-state index < -0.39 is 0 Å². The van der Waals surface area contributed by atoms with Gasteiger partial charge in [-0.15, -0.1) is 0 Å². The van der Waals surface area contributed by atoms with Crippen molar-refractivity contribution in [1.82, 2.24) is 0 Å². The van der Waals surface area contributed by atoms with Crippen LogP contribution in [0, 0.1) is 0 Å². The molecule has 0 amide bonds. The van der Waals surface area contributed by atoms with Crippen LogP contribution in [0.5, 0.6) is 11.5 Å². The standard InChI is InChI=1S/C11H16BrNO2/c1-3-4-5-15-11-7-9(13)8(12)6-10(11)14-2/h6-7H,3-5,13H2,1-2H3. The Balaban J connectivity index is 2.80. The third-order valence-corrected chi connectivity index (χ3v) is 2.73. The fourth-order valence-corrected chi connectivity index (χ4v) is 1.47. The highest BCUT2D eigenvalue weighted by Crippen LogP contribution is 2.34. The lowest BCUT2D eigenvalue weighted by atomic mass is 10.3. The Hall–Kier alpha value is -0.900. The molecule has 0 saturated carbocycles. The van der Waals surface area contributed by atoms with Gasteiger partial charge in [0.2, 0.25) is 0 Å². The van der Waals surface area contributed by atoms with Gasteiger partial charge in [0.1, 0.15) is 0 Å². The number of nitrogens with two attached hydrogens (primary N) is 1. The Kier molecular flexibility index (Phi) is 4.75. The first-order valence-corrected chi connectivity index (χ1v) is 5.74. The molecule has 0 spiro atoms. The zero-order chi connectivity index (χ0) is 11.3. The van der Waals surface area contributed by atoms with E-state index in [0.29, 0.717) is 23.8 Å². The van der Waals surface area contributed by atoms with Crippen LogP contribution in [0.2, 0.25) is 0 Å². The average molecular weight is 274 g/mol. The molecule has 4 heteroatoms. The number of anilines is 1. The quantitative estimate of drug-likeness (QED) is 0.662. The van der Waals surface area contributed by atoms with Gasteiger partial charge in [0.05, 0.1) is 13.7 Å². The zero-order valence-corrected chi connectivity index (χ0v) is 10.6. The van der Waals surface area contributed by atoms with Gasteiger partial charge in [0.15, 0.2) is 11.5 Å². The number of methoxy groups -OCH3 is 1. The second-order valence-electron chi connectivity index (χ2n) is 3.23. The molecule has 0 heterocycles. The Morgan fingerprint density at radius 3 is 2.67 bits per heavy atom. The number of halogens is 1. The highest BCUT2D eigenvalue weighted by molar-refractivity contribution is 9.10. The summed E-state index contributed by atoms with van der Waals surface area (Å²) < 4.78 is 11.6. The van der Waals surface area contributed by atoms with Gasteiger partial charge in [-0.25, -0.2) is 0 Å². The van der Waals surface area contributed by atoms with Gasteiger partial charge in [-0.2, -0.15) is 0 Å². The Labute approximate surface area is 98.7 Å². The summed E-state index contributed by atoms with van der Waals surface area (Å²) in [4.78, 5) is 0. The molecule has 84 valence electrons. The van der Waals surface area contributed by atoms with Crippen LogP contribution < -0.4 is 15.2 Å². The third kappa shape index (κ3) is 3.30. The van der Waals surface area contributed by atoms with E-state index in [1.807, 2.05) is 6.07 Å². The van der Waals surface area contributed by atoms with E-state index in [-0.39, 0.29) is 0 Å². The number of hydrogen-bond donors (Lipinski definition) is 1. The monoisotopic (exact) mass is 273 g/mol. The van der Waals surface area contributed by atoms with Crippen LogP contribution >= 0.6 is 15.9 Å². The van der Waals surface area contributed by atoms with Crippen LogP contribution in [0.1, 0.15) is 19.8 Å². The summed E-state index contributed by atoms with van der Waals surface area (Å²) in [6, 6.07) is 3.59. The first kappa shape index (κ1) is 12.2. The highest BCUT2D eigenvalue weighted by Gasteiger charge is 2.07. The molecule has 0 aliphatic rings. The number of ether oxygens (including phenoxy) is 2. The first-order chi connectivity index (χ1) is 7.19. The van der Waals surface area contributed by atoms with E-state index in [9.17, 15) is 0 Å². The van der Waals surface area contributed by atoms with Gasteiger partial charge in [0.25, 0.3) is 0 Å². The van der Waals surface area contributed by atoms with Gasteiger partial charge in [-0.3, -0.25) is 0 Å². The van der Waals surface area contributed by atoms with Crippen molar-refractivity contribution < 1.29 is 9.47 Å². The summed E-state index contributed by atoms with van der Waals surface area (Å²) in [6.07, 6.45) is 2.13. The topological polar surface area (TPSA) is 44.5 Å². The number of rotatable bonds is 5. The first-order valence-electron chi connectivity index (χ1n) is 4.94. The molecule has 0 radical (unpaired) electrons. The molecule has 1 rings (SSSR count). The van der Waals surface area contributed by atoms with E-state index in [2.05, 4.69) is 22.9 Å². The van der Waals surface area contributed by atoms with Gasteiger partial charge in [-0.05, 0) is 22.4 Å². The number of nitrogen functional groups attached to an aromatic ring is 1. The van der Waals surface area contributed by atoms with E-state index in [4.69, 9.17) is 15.2 Å². The van der Waals surface area contributed by atoms with Crippen molar-refractivity contribution in [2.75, 3.05) is 19.5 Å². The fourth-order valence-electron chi connectivity index (χ4n) is 1.15. The second-order valence-corrected chi connectivity index (χ2v) is 4.08. The number of hydrogen-bond acceptors (Lipinski definition) is 3. The van der Waals surface area contributed by atoms with Crippen LogP contribution in [0.4, 0.5) is 5.69 Å². The van der Waals surface area contributed by atoms with Crippen LogP contribution in [0.25, 0.3) is 0 Å². The van der Waals surface area contributed by atoms with Crippen molar-refractivity contribution in [3.05, 3.63) is 16.6 Å². The molecular formula is C11H16BrNO2. The summed E-state index contributed by atoms with van der Waals surface area (Å²) in [5.41, 5.74) is 6.42. The highest BCUT2D eigenvalue weighted by atomic mass is 79.9. The SMILES string of the molecule is CCCCOc1cc(N)c(Br)cc1OC. The van der Waals surface area contributed by atoms with E-state index in [1.165, 1.54) is 0 Å². The lowest BCUT2D eigenvalue weighted by molar-refractivity contribution is 0.288. The average Bonchev–Trinajstić information content (AvgIpc) is 2.23. The molecule has 0 aliphatic heterocycles. The normalized spacial score (nSPS) is 10.1. The largest absolute Gasteiger partial charge is 0.493 e. The van der Waals surface area contributed by atoms with Crippen LogP contribution in [0.3, 0.4) is 0 Å². The van der Waals surface area contributed by atoms with E-state index in [1.54, 1.807) is 13.2 Å². The van der Waals surface area contributed by atoms with Gasteiger partial charge in [0, 0.05) is 22.3 Å². The minimum Gasteiger partial charge on any atom is -0.493 e. The number of benzene rings is 1. The fraction of sp³-hybridized carbons (Fsp3) is 0.455. The molecule has 3 nitrogen and oxygen atoms in total. The molecule has 0 bridgehead atoms. The molecule has 0 atom stereocenters. The molecule has 0 aromatic heterocycles. The maximum Gasteiger partial charge on any atom is 0.163 e. The van der Waals surface area contributed by atoms with Crippen molar-refractivity contribution in [3.8, 4) is 11.5 Å². The summed E-state index contributed by atoms with van der Waals surface area (Å²) in [5.74, 6) is 1.40. The predicted molar refractivity (Wildman–Crippen MR) is 65.5 cm³/mol. The smallest absolute Gasteiger partial charge is 0.163 e. The molecule has 0 unspecified atom stereocenters. The molecule has 0 saturated heterocycles. The third-order valence-electron chi connectivity index (χ3n) is 2.04. The van der Waals surface area contributed by atoms with E-state index in [0.717, 1.165) is 17.3 Å². The second kappa shape index (κ2) is 5.85. The van der Waals surface area contributed by atoms with Crippen molar-refractivity contribution in [3.63, 3.8) is 0 Å². The minimum absolute atomic E-state index is 0.655. The van der Waals surface area contributed by atoms with Crippen molar-refractivity contribution in [2.24, 2.45) is 0 Å². The Morgan fingerprint density at radius 2 is 2.07 bits per heavy atom. The molecule has 1 aromatic carbocycles. The lowest BCUT2D eigenvalue weighted by Gasteiger charge is -2.11. The molecule has 2 N–H and O–H groups in total. The van der Waals surface area contributed by atoms with Gasteiger partial charge < -0.3 is 15.2 Å². The van der Waals surface area contributed by atoms with Gasteiger partial charge in [-0.1, -0.05) is 13.3 Å². The van der Waals surface area contributed by atoms with Crippen LogP contribution in [0.15, 0.2) is 16.6 Å². The molecule has 15 heavy (non-hydrogen) atoms. The van der Waals surface area contributed by atoms with Gasteiger partial charge >= 0.3 is 0 Å². The van der Waals surface area contributed by atoms with Crippen LogP contribution in [-0.2, 0) is 0 Å².